The highest BCUT2D eigenvalue weighted by Crippen LogP contribution is 2.11. The van der Waals surface area contributed by atoms with Gasteiger partial charge in [0.25, 0.3) is 0 Å². The molecule has 1 unspecified atom stereocenters. The Balaban J connectivity index is 1.96. The first kappa shape index (κ1) is 11.9. The second kappa shape index (κ2) is 6.22. The number of hydrogen-bond acceptors (Lipinski definition) is 2. The van der Waals surface area contributed by atoms with Crippen molar-refractivity contribution in [2.24, 2.45) is 0 Å². The second-order valence-corrected chi connectivity index (χ2v) is 4.50. The Labute approximate surface area is 103 Å². The van der Waals surface area contributed by atoms with Gasteiger partial charge in [-0.2, -0.15) is 5.26 Å². The van der Waals surface area contributed by atoms with Crippen LogP contribution in [0.25, 0.3) is 6.08 Å². The van der Waals surface area contributed by atoms with Crippen LogP contribution in [-0.4, -0.2) is 12.6 Å². The van der Waals surface area contributed by atoms with Crippen molar-refractivity contribution in [1.82, 2.24) is 5.32 Å². The van der Waals surface area contributed by atoms with Gasteiger partial charge >= 0.3 is 0 Å². The largest absolute Gasteiger partial charge is 0.311 e. The van der Waals surface area contributed by atoms with Crippen LogP contribution in [0.4, 0.5) is 0 Å². The molecule has 0 amide bonds. The van der Waals surface area contributed by atoms with Crippen LogP contribution in [0.1, 0.15) is 36.8 Å². The molecule has 17 heavy (non-hydrogen) atoms. The molecule has 2 heteroatoms. The van der Waals surface area contributed by atoms with E-state index in [1.54, 1.807) is 0 Å². The molecule has 88 valence electrons. The van der Waals surface area contributed by atoms with Gasteiger partial charge in [-0.25, -0.2) is 0 Å². The van der Waals surface area contributed by atoms with E-state index in [9.17, 15) is 0 Å². The highest BCUT2D eigenvalue weighted by Gasteiger charge is 2.07. The SMILES string of the molecule is N#Cc1ccc(/C=C/C2CCCCCN2)cc1. The minimum absolute atomic E-state index is 0.508. The summed E-state index contributed by atoms with van der Waals surface area (Å²) < 4.78 is 0. The molecule has 1 saturated heterocycles. The maximum atomic E-state index is 8.72. The van der Waals surface area contributed by atoms with Crippen LogP contribution in [-0.2, 0) is 0 Å². The lowest BCUT2D eigenvalue weighted by Gasteiger charge is -2.09. The molecule has 1 heterocycles. The van der Waals surface area contributed by atoms with Crippen LogP contribution in [0, 0.1) is 11.3 Å². The minimum Gasteiger partial charge on any atom is -0.311 e. The summed E-state index contributed by atoms with van der Waals surface area (Å²) >= 11 is 0. The summed E-state index contributed by atoms with van der Waals surface area (Å²) in [6.45, 7) is 1.13. The number of nitriles is 1. The third-order valence-electron chi connectivity index (χ3n) is 3.16. The zero-order valence-corrected chi connectivity index (χ0v) is 10.0. The van der Waals surface area contributed by atoms with Crippen molar-refractivity contribution in [2.45, 2.75) is 31.7 Å². The Bertz CT molecular complexity index is 404. The van der Waals surface area contributed by atoms with Crippen LogP contribution in [0.15, 0.2) is 30.3 Å². The maximum absolute atomic E-state index is 8.72. The molecule has 0 spiro atoms. The molecular weight excluding hydrogens is 208 g/mol. The van der Waals surface area contributed by atoms with Gasteiger partial charge in [-0.1, -0.05) is 37.1 Å². The third-order valence-corrected chi connectivity index (χ3v) is 3.16. The van der Waals surface area contributed by atoms with Crippen molar-refractivity contribution in [3.05, 3.63) is 41.5 Å². The Kier molecular flexibility index (Phi) is 4.35. The predicted molar refractivity (Wildman–Crippen MR) is 70.4 cm³/mol. The van der Waals surface area contributed by atoms with Crippen molar-refractivity contribution in [3.8, 4) is 6.07 Å². The van der Waals surface area contributed by atoms with E-state index in [0.29, 0.717) is 6.04 Å². The molecule has 1 atom stereocenters. The van der Waals surface area contributed by atoms with Crippen molar-refractivity contribution >= 4 is 6.08 Å². The van der Waals surface area contributed by atoms with E-state index in [2.05, 4.69) is 23.5 Å². The highest BCUT2D eigenvalue weighted by atomic mass is 14.9. The molecule has 1 fully saturated rings. The van der Waals surface area contributed by atoms with Gasteiger partial charge in [0, 0.05) is 6.04 Å². The minimum atomic E-state index is 0.508. The summed E-state index contributed by atoms with van der Waals surface area (Å²) in [7, 11) is 0. The van der Waals surface area contributed by atoms with Gasteiger partial charge in [0.1, 0.15) is 0 Å². The Morgan fingerprint density at radius 3 is 2.76 bits per heavy atom. The zero-order valence-electron chi connectivity index (χ0n) is 10.0. The molecular formula is C15H18N2. The van der Waals surface area contributed by atoms with Crippen molar-refractivity contribution in [3.63, 3.8) is 0 Å². The highest BCUT2D eigenvalue weighted by molar-refractivity contribution is 5.51. The number of nitrogens with one attached hydrogen (secondary N) is 1. The van der Waals surface area contributed by atoms with E-state index in [-0.39, 0.29) is 0 Å². The third kappa shape index (κ3) is 3.72. The molecule has 0 bridgehead atoms. The molecule has 1 N–H and O–H groups in total. The molecule has 0 aromatic heterocycles. The lowest BCUT2D eigenvalue weighted by molar-refractivity contribution is 0.599. The molecule has 2 nitrogen and oxygen atoms in total. The fraction of sp³-hybridized carbons (Fsp3) is 0.400. The topological polar surface area (TPSA) is 35.8 Å². The number of hydrogen-bond donors (Lipinski definition) is 1. The van der Waals surface area contributed by atoms with Gasteiger partial charge in [-0.15, -0.1) is 0 Å². The summed E-state index contributed by atoms with van der Waals surface area (Å²) in [6, 6.07) is 10.3. The predicted octanol–water partition coefficient (Wildman–Crippen LogP) is 3.10. The fourth-order valence-corrected chi connectivity index (χ4v) is 2.12. The molecule has 1 aliphatic rings. The number of nitrogens with zero attached hydrogens (tertiary/aromatic N) is 1. The summed E-state index contributed by atoms with van der Waals surface area (Å²) in [5, 5.41) is 12.3. The Hall–Kier alpha value is -1.59. The first-order chi connectivity index (χ1) is 8.38. The van der Waals surface area contributed by atoms with Gasteiger partial charge in [-0.3, -0.25) is 0 Å². The fourth-order valence-electron chi connectivity index (χ4n) is 2.12. The summed E-state index contributed by atoms with van der Waals surface area (Å²) in [4.78, 5) is 0. The smallest absolute Gasteiger partial charge is 0.0991 e. The van der Waals surface area contributed by atoms with Gasteiger partial charge in [0.15, 0.2) is 0 Å². The average molecular weight is 226 g/mol. The van der Waals surface area contributed by atoms with Gasteiger partial charge in [0.05, 0.1) is 11.6 Å². The number of benzene rings is 1. The summed E-state index contributed by atoms with van der Waals surface area (Å²) in [5.41, 5.74) is 1.88. The van der Waals surface area contributed by atoms with Crippen LogP contribution in [0.5, 0.6) is 0 Å². The van der Waals surface area contributed by atoms with Crippen LogP contribution >= 0.6 is 0 Å². The summed E-state index contributed by atoms with van der Waals surface area (Å²) in [6.07, 6.45) is 9.56. The van der Waals surface area contributed by atoms with E-state index in [1.165, 1.54) is 25.7 Å². The van der Waals surface area contributed by atoms with E-state index in [1.807, 2.05) is 24.3 Å². The number of rotatable bonds is 2. The van der Waals surface area contributed by atoms with Gasteiger partial charge < -0.3 is 5.32 Å². The van der Waals surface area contributed by atoms with Crippen molar-refractivity contribution < 1.29 is 0 Å². The van der Waals surface area contributed by atoms with Gasteiger partial charge in [0.2, 0.25) is 0 Å². The Morgan fingerprint density at radius 1 is 1.18 bits per heavy atom. The van der Waals surface area contributed by atoms with Crippen LogP contribution in [0.2, 0.25) is 0 Å². The van der Waals surface area contributed by atoms with Gasteiger partial charge in [-0.05, 0) is 37.1 Å². The normalized spacial score (nSPS) is 21.0. The van der Waals surface area contributed by atoms with E-state index >= 15 is 0 Å². The first-order valence-electron chi connectivity index (χ1n) is 6.30. The zero-order chi connectivity index (χ0) is 11.9. The quantitative estimate of drug-likeness (QED) is 0.841. The van der Waals surface area contributed by atoms with Crippen molar-refractivity contribution in [1.29, 1.82) is 5.26 Å². The first-order valence-corrected chi connectivity index (χ1v) is 6.30. The van der Waals surface area contributed by atoms with Crippen molar-refractivity contribution in [2.75, 3.05) is 6.54 Å². The lowest BCUT2D eigenvalue weighted by atomic mass is 10.1. The maximum Gasteiger partial charge on any atom is 0.0991 e. The molecule has 0 aliphatic carbocycles. The molecule has 1 aromatic rings. The lowest BCUT2D eigenvalue weighted by Crippen LogP contribution is -2.25. The van der Waals surface area contributed by atoms with E-state index in [0.717, 1.165) is 17.7 Å². The molecule has 0 saturated carbocycles. The average Bonchev–Trinajstić information content (AvgIpc) is 2.65. The summed E-state index contributed by atoms with van der Waals surface area (Å²) in [5.74, 6) is 0. The van der Waals surface area contributed by atoms with E-state index < -0.39 is 0 Å². The van der Waals surface area contributed by atoms with E-state index in [4.69, 9.17) is 5.26 Å². The van der Waals surface area contributed by atoms with Crippen LogP contribution < -0.4 is 5.32 Å². The molecule has 1 aromatic carbocycles. The molecule has 2 rings (SSSR count). The molecule has 1 aliphatic heterocycles. The molecule has 0 radical (unpaired) electrons. The van der Waals surface area contributed by atoms with Crippen LogP contribution in [0.3, 0.4) is 0 Å². The Morgan fingerprint density at radius 2 is 2.00 bits per heavy atom. The monoisotopic (exact) mass is 226 g/mol. The second-order valence-electron chi connectivity index (χ2n) is 4.50. The standard InChI is InChI=1S/C15H18N2/c16-12-14-7-5-13(6-8-14)9-10-15-4-2-1-3-11-17-15/h5-10,15,17H,1-4,11H2/b10-9+.